The van der Waals surface area contributed by atoms with Crippen molar-refractivity contribution >= 4 is 39.1 Å². The molecule has 1 N–H and O–H groups in total. The molecule has 35 heavy (non-hydrogen) atoms. The average molecular weight is 522 g/mol. The van der Waals surface area contributed by atoms with Crippen LogP contribution in [0.1, 0.15) is 51.2 Å². The molecule has 0 saturated heterocycles. The first kappa shape index (κ1) is 28.7. The molecule has 7 nitrogen and oxygen atoms in total. The Morgan fingerprint density at radius 1 is 0.971 bits per heavy atom. The molecule has 2 amide bonds. The van der Waals surface area contributed by atoms with E-state index in [2.05, 4.69) is 5.32 Å². The zero-order valence-electron chi connectivity index (χ0n) is 21.0. The lowest BCUT2D eigenvalue weighted by molar-refractivity contribution is -0.141. The van der Waals surface area contributed by atoms with Crippen LogP contribution in [0, 0.1) is 0 Å². The third-order valence-electron chi connectivity index (χ3n) is 5.79. The topological polar surface area (TPSA) is 86.8 Å². The smallest absolute Gasteiger partial charge is 0.242 e. The highest BCUT2D eigenvalue weighted by Crippen LogP contribution is 2.21. The predicted molar refractivity (Wildman–Crippen MR) is 142 cm³/mol. The van der Waals surface area contributed by atoms with Crippen molar-refractivity contribution in [2.24, 2.45) is 0 Å². The SMILES string of the molecule is CCNC(=O)[C@@H](CC)N(Cc1ccc(Cl)cc1)C(=O)CCCN(c1ccc(CC)cc1)S(C)(=O)=O. The van der Waals surface area contributed by atoms with Crippen molar-refractivity contribution in [3.05, 3.63) is 64.7 Å². The molecule has 192 valence electrons. The summed E-state index contributed by atoms with van der Waals surface area (Å²) in [6.07, 6.45) is 2.93. The highest BCUT2D eigenvalue weighted by atomic mass is 35.5. The lowest BCUT2D eigenvalue weighted by atomic mass is 10.1. The monoisotopic (exact) mass is 521 g/mol. The Hall–Kier alpha value is -2.58. The van der Waals surface area contributed by atoms with Gasteiger partial charge in [0.05, 0.1) is 11.9 Å². The van der Waals surface area contributed by atoms with E-state index in [4.69, 9.17) is 11.6 Å². The fourth-order valence-corrected chi connectivity index (χ4v) is 4.99. The highest BCUT2D eigenvalue weighted by Gasteiger charge is 2.28. The molecule has 0 spiro atoms. The molecular formula is C26H36ClN3O4S. The molecule has 0 unspecified atom stereocenters. The van der Waals surface area contributed by atoms with Gasteiger partial charge in [-0.05, 0) is 61.6 Å². The summed E-state index contributed by atoms with van der Waals surface area (Å²) in [6, 6.07) is 13.9. The van der Waals surface area contributed by atoms with Gasteiger partial charge < -0.3 is 10.2 Å². The molecule has 0 bridgehead atoms. The summed E-state index contributed by atoms with van der Waals surface area (Å²) in [6.45, 7) is 6.65. The minimum atomic E-state index is -3.52. The van der Waals surface area contributed by atoms with Crippen molar-refractivity contribution in [2.75, 3.05) is 23.7 Å². The van der Waals surface area contributed by atoms with Crippen molar-refractivity contribution in [1.82, 2.24) is 10.2 Å². The maximum Gasteiger partial charge on any atom is 0.242 e. The molecular weight excluding hydrogens is 486 g/mol. The number of carbonyl (C=O) groups excluding carboxylic acids is 2. The second-order valence-electron chi connectivity index (χ2n) is 8.43. The van der Waals surface area contributed by atoms with Gasteiger partial charge in [0.1, 0.15) is 6.04 Å². The summed E-state index contributed by atoms with van der Waals surface area (Å²) in [5.74, 6) is -0.404. The molecule has 0 aromatic heterocycles. The Balaban J connectivity index is 2.18. The average Bonchev–Trinajstić information content (AvgIpc) is 2.82. The molecule has 0 aliphatic heterocycles. The van der Waals surface area contributed by atoms with Gasteiger partial charge in [0.15, 0.2) is 0 Å². The molecule has 9 heteroatoms. The molecule has 0 aliphatic rings. The van der Waals surface area contributed by atoms with Gasteiger partial charge in [-0.1, -0.05) is 49.7 Å². The molecule has 0 radical (unpaired) electrons. The Labute approximate surface area is 214 Å². The van der Waals surface area contributed by atoms with Crippen LogP contribution in [0.25, 0.3) is 0 Å². The quantitative estimate of drug-likeness (QED) is 0.423. The van der Waals surface area contributed by atoms with E-state index in [1.807, 2.05) is 45.0 Å². The molecule has 2 aromatic rings. The summed E-state index contributed by atoms with van der Waals surface area (Å²) in [5, 5.41) is 3.40. The van der Waals surface area contributed by atoms with E-state index in [1.165, 1.54) is 4.31 Å². The number of likely N-dealkylation sites (N-methyl/N-ethyl adjacent to an activating group) is 1. The molecule has 0 fully saturated rings. The van der Waals surface area contributed by atoms with Crippen molar-refractivity contribution in [3.8, 4) is 0 Å². The van der Waals surface area contributed by atoms with Gasteiger partial charge in [0.2, 0.25) is 21.8 Å². The molecule has 1 atom stereocenters. The van der Waals surface area contributed by atoms with Crippen LogP contribution in [0.3, 0.4) is 0 Å². The number of aryl methyl sites for hydroxylation is 1. The maximum atomic E-state index is 13.3. The van der Waals surface area contributed by atoms with E-state index in [1.54, 1.807) is 29.2 Å². The van der Waals surface area contributed by atoms with Crippen LogP contribution >= 0.6 is 11.6 Å². The zero-order valence-corrected chi connectivity index (χ0v) is 22.5. The number of carbonyl (C=O) groups is 2. The van der Waals surface area contributed by atoms with Crippen LogP contribution in [0.2, 0.25) is 5.02 Å². The van der Waals surface area contributed by atoms with Crippen LogP contribution < -0.4 is 9.62 Å². The third-order valence-corrected chi connectivity index (χ3v) is 7.23. The van der Waals surface area contributed by atoms with Gasteiger partial charge in [0, 0.05) is 31.1 Å². The van der Waals surface area contributed by atoms with Gasteiger partial charge in [0.25, 0.3) is 0 Å². The lowest BCUT2D eigenvalue weighted by Gasteiger charge is -2.31. The number of hydrogen-bond acceptors (Lipinski definition) is 4. The molecule has 2 rings (SSSR count). The standard InChI is InChI=1S/C26H36ClN3O4S/c1-5-20-12-16-23(17-13-20)30(35(4,33)34)18-8-9-25(31)29(24(6-2)26(32)28-7-3)19-21-10-14-22(27)15-11-21/h10-17,24H,5-9,18-19H2,1-4H3,(H,28,32)/t24-/m1/s1. The largest absolute Gasteiger partial charge is 0.355 e. The van der Waals surface area contributed by atoms with E-state index in [9.17, 15) is 18.0 Å². The number of amides is 2. The summed E-state index contributed by atoms with van der Waals surface area (Å²) >= 11 is 6.00. The van der Waals surface area contributed by atoms with Gasteiger partial charge >= 0.3 is 0 Å². The molecule has 2 aromatic carbocycles. The van der Waals surface area contributed by atoms with E-state index in [0.717, 1.165) is 23.8 Å². The Morgan fingerprint density at radius 3 is 2.09 bits per heavy atom. The molecule has 0 aliphatic carbocycles. The van der Waals surface area contributed by atoms with Crippen LogP contribution in [-0.4, -0.2) is 50.5 Å². The van der Waals surface area contributed by atoms with Gasteiger partial charge in [-0.3, -0.25) is 13.9 Å². The fraction of sp³-hybridized carbons (Fsp3) is 0.462. The fourth-order valence-electron chi connectivity index (χ4n) is 3.90. The van der Waals surface area contributed by atoms with Gasteiger partial charge in [-0.25, -0.2) is 8.42 Å². The van der Waals surface area contributed by atoms with E-state index >= 15 is 0 Å². The first-order valence-electron chi connectivity index (χ1n) is 12.0. The van der Waals surface area contributed by atoms with Gasteiger partial charge in [-0.2, -0.15) is 0 Å². The second kappa shape index (κ2) is 13.5. The van der Waals surface area contributed by atoms with Crippen LogP contribution in [0.4, 0.5) is 5.69 Å². The zero-order chi connectivity index (χ0) is 26.0. The van der Waals surface area contributed by atoms with Crippen molar-refractivity contribution in [2.45, 2.75) is 59.0 Å². The molecule has 0 heterocycles. The minimum Gasteiger partial charge on any atom is -0.355 e. The number of halogens is 1. The first-order chi connectivity index (χ1) is 16.6. The van der Waals surface area contributed by atoms with E-state index in [0.29, 0.717) is 30.1 Å². The van der Waals surface area contributed by atoms with Crippen LogP contribution in [-0.2, 0) is 32.6 Å². The summed E-state index contributed by atoms with van der Waals surface area (Å²) in [5.41, 5.74) is 2.55. The van der Waals surface area contributed by atoms with Crippen LogP contribution in [0.15, 0.2) is 48.5 Å². The first-order valence-corrected chi connectivity index (χ1v) is 14.2. The second-order valence-corrected chi connectivity index (χ2v) is 10.8. The summed E-state index contributed by atoms with van der Waals surface area (Å²) in [7, 11) is -3.52. The predicted octanol–water partition coefficient (Wildman–Crippen LogP) is 4.39. The number of hydrogen-bond donors (Lipinski definition) is 1. The summed E-state index contributed by atoms with van der Waals surface area (Å²) < 4.78 is 26.2. The third kappa shape index (κ3) is 8.54. The number of benzene rings is 2. The number of anilines is 1. The highest BCUT2D eigenvalue weighted by molar-refractivity contribution is 7.92. The number of sulfonamides is 1. The summed E-state index contributed by atoms with van der Waals surface area (Å²) in [4.78, 5) is 27.6. The minimum absolute atomic E-state index is 0.114. The van der Waals surface area contributed by atoms with Crippen molar-refractivity contribution in [1.29, 1.82) is 0 Å². The van der Waals surface area contributed by atoms with Crippen molar-refractivity contribution < 1.29 is 18.0 Å². The van der Waals surface area contributed by atoms with Gasteiger partial charge in [-0.15, -0.1) is 0 Å². The van der Waals surface area contributed by atoms with Crippen molar-refractivity contribution in [3.63, 3.8) is 0 Å². The Kier molecular flexibility index (Phi) is 11.0. The lowest BCUT2D eigenvalue weighted by Crippen LogP contribution is -2.49. The van der Waals surface area contributed by atoms with E-state index < -0.39 is 16.1 Å². The van der Waals surface area contributed by atoms with Crippen LogP contribution in [0.5, 0.6) is 0 Å². The Bertz CT molecular complexity index is 1070. The number of nitrogens with one attached hydrogen (secondary N) is 1. The number of nitrogens with zero attached hydrogens (tertiary/aromatic N) is 2. The molecule has 0 saturated carbocycles. The normalized spacial score (nSPS) is 12.1. The Morgan fingerprint density at radius 2 is 1.57 bits per heavy atom. The maximum absolute atomic E-state index is 13.3. The van der Waals surface area contributed by atoms with E-state index in [-0.39, 0.29) is 31.3 Å². The number of rotatable bonds is 13.